The summed E-state index contributed by atoms with van der Waals surface area (Å²) in [6.45, 7) is 6.33. The van der Waals surface area contributed by atoms with Crippen LogP contribution in [0.2, 0.25) is 5.02 Å². The lowest BCUT2D eigenvalue weighted by Crippen LogP contribution is -2.30. The van der Waals surface area contributed by atoms with Crippen molar-refractivity contribution in [3.05, 3.63) is 106 Å². The van der Waals surface area contributed by atoms with Crippen molar-refractivity contribution in [1.29, 1.82) is 0 Å². The molecule has 2 atom stereocenters. The molecule has 1 N–H and O–H groups in total. The average Bonchev–Trinajstić information content (AvgIpc) is 3.36. The molecule has 0 bridgehead atoms. The number of aromatic nitrogens is 2. The molecule has 1 fully saturated rings. The van der Waals surface area contributed by atoms with E-state index in [2.05, 4.69) is 52.7 Å². The van der Waals surface area contributed by atoms with Gasteiger partial charge in [-0.15, -0.1) is 0 Å². The number of pyridine rings is 1. The Morgan fingerprint density at radius 3 is 2.46 bits per heavy atom. The van der Waals surface area contributed by atoms with Crippen molar-refractivity contribution >= 4 is 34.6 Å². The highest BCUT2D eigenvalue weighted by molar-refractivity contribution is 7.80. The van der Waals surface area contributed by atoms with Crippen molar-refractivity contribution < 1.29 is 4.74 Å². The molecule has 0 radical (unpaired) electrons. The Hall–Kier alpha value is -3.35. The number of nitrogens with one attached hydrogen (secondary N) is 1. The lowest BCUT2D eigenvalue weighted by molar-refractivity contribution is 0.414. The summed E-state index contributed by atoms with van der Waals surface area (Å²) < 4.78 is 8.00. The first-order valence-electron chi connectivity index (χ1n) is 11.5. The van der Waals surface area contributed by atoms with E-state index in [0.29, 0.717) is 5.11 Å². The molecule has 3 heterocycles. The molecule has 2 aromatic carbocycles. The molecule has 2 aromatic heterocycles. The first-order valence-corrected chi connectivity index (χ1v) is 12.3. The van der Waals surface area contributed by atoms with Crippen LogP contribution in [0.3, 0.4) is 0 Å². The van der Waals surface area contributed by atoms with E-state index < -0.39 is 0 Å². The third-order valence-electron chi connectivity index (χ3n) is 6.71. The molecule has 0 aliphatic carbocycles. The molecule has 4 aromatic rings. The van der Waals surface area contributed by atoms with E-state index in [0.717, 1.165) is 50.4 Å². The molecule has 7 heteroatoms. The van der Waals surface area contributed by atoms with Crippen LogP contribution >= 0.6 is 23.8 Å². The summed E-state index contributed by atoms with van der Waals surface area (Å²) in [5.41, 5.74) is 7.39. The molecule has 1 aliphatic rings. The number of ether oxygens (including phenoxy) is 1. The predicted octanol–water partition coefficient (Wildman–Crippen LogP) is 6.64. The van der Waals surface area contributed by atoms with E-state index in [1.807, 2.05) is 60.8 Å². The monoisotopic (exact) mass is 502 g/mol. The van der Waals surface area contributed by atoms with Gasteiger partial charge in [0.15, 0.2) is 5.11 Å². The molecular formula is C28H27ClN4OS. The minimum atomic E-state index is -0.136. The second-order valence-electron chi connectivity index (χ2n) is 8.71. The van der Waals surface area contributed by atoms with Crippen molar-refractivity contribution in [3.8, 4) is 11.4 Å². The third kappa shape index (κ3) is 3.97. The fourth-order valence-corrected chi connectivity index (χ4v) is 5.56. The van der Waals surface area contributed by atoms with Crippen molar-refractivity contribution in [2.24, 2.45) is 0 Å². The molecule has 178 valence electrons. The lowest BCUT2D eigenvalue weighted by Gasteiger charge is -2.29. The zero-order valence-corrected chi connectivity index (χ0v) is 21.7. The number of anilines is 1. The van der Waals surface area contributed by atoms with Crippen LogP contribution in [0.25, 0.3) is 5.69 Å². The summed E-state index contributed by atoms with van der Waals surface area (Å²) in [6, 6.07) is 22.0. The maximum atomic E-state index is 6.49. The predicted molar refractivity (Wildman–Crippen MR) is 146 cm³/mol. The SMILES string of the molecule is COc1ccccc1N1C(=S)N[C@H](c2ccccn2)[C@H]1c1cc(C)n(-c2cccc(Cl)c2C)c1C. The normalized spacial score (nSPS) is 17.5. The molecule has 35 heavy (non-hydrogen) atoms. The van der Waals surface area contributed by atoms with Crippen LogP contribution in [0.1, 0.15) is 40.3 Å². The number of methoxy groups -OCH3 is 1. The van der Waals surface area contributed by atoms with Gasteiger partial charge in [-0.3, -0.25) is 4.98 Å². The number of para-hydroxylation sites is 2. The van der Waals surface area contributed by atoms with Gasteiger partial charge >= 0.3 is 0 Å². The van der Waals surface area contributed by atoms with Gasteiger partial charge < -0.3 is 19.5 Å². The molecule has 1 aliphatic heterocycles. The van der Waals surface area contributed by atoms with Crippen molar-refractivity contribution in [2.75, 3.05) is 12.0 Å². The molecule has 0 saturated carbocycles. The number of aryl methyl sites for hydroxylation is 1. The summed E-state index contributed by atoms with van der Waals surface area (Å²) in [5.74, 6) is 0.766. The van der Waals surface area contributed by atoms with Crippen molar-refractivity contribution in [2.45, 2.75) is 32.9 Å². The van der Waals surface area contributed by atoms with Gasteiger partial charge in [0.2, 0.25) is 0 Å². The highest BCUT2D eigenvalue weighted by Crippen LogP contribution is 2.46. The average molecular weight is 503 g/mol. The Bertz CT molecular complexity index is 1400. The maximum Gasteiger partial charge on any atom is 0.174 e. The van der Waals surface area contributed by atoms with Crippen LogP contribution in [0.5, 0.6) is 5.75 Å². The third-order valence-corrected chi connectivity index (χ3v) is 7.44. The van der Waals surface area contributed by atoms with E-state index in [4.69, 9.17) is 28.6 Å². The quantitative estimate of drug-likeness (QED) is 0.310. The van der Waals surface area contributed by atoms with Gasteiger partial charge in [0, 0.05) is 28.3 Å². The minimum absolute atomic E-state index is 0.131. The summed E-state index contributed by atoms with van der Waals surface area (Å²) >= 11 is 12.4. The smallest absolute Gasteiger partial charge is 0.174 e. The first kappa shape index (κ1) is 23.4. The highest BCUT2D eigenvalue weighted by atomic mass is 35.5. The van der Waals surface area contributed by atoms with Crippen LogP contribution in [0.15, 0.2) is 72.9 Å². The highest BCUT2D eigenvalue weighted by Gasteiger charge is 2.43. The second kappa shape index (κ2) is 9.36. The summed E-state index contributed by atoms with van der Waals surface area (Å²) in [5, 5.41) is 4.93. The first-order chi connectivity index (χ1) is 16.9. The van der Waals surface area contributed by atoms with Crippen LogP contribution < -0.4 is 15.0 Å². The van der Waals surface area contributed by atoms with E-state index in [1.165, 1.54) is 0 Å². The number of thiocarbonyl (C=S) groups is 1. The van der Waals surface area contributed by atoms with Crippen LogP contribution in [0, 0.1) is 20.8 Å². The molecule has 5 nitrogen and oxygen atoms in total. The van der Waals surface area contributed by atoms with Gasteiger partial charge in [-0.05, 0) is 86.6 Å². The van der Waals surface area contributed by atoms with Crippen molar-refractivity contribution in [3.63, 3.8) is 0 Å². The van der Waals surface area contributed by atoms with Gasteiger partial charge in [-0.25, -0.2) is 0 Å². The van der Waals surface area contributed by atoms with Gasteiger partial charge in [0.25, 0.3) is 0 Å². The van der Waals surface area contributed by atoms with Gasteiger partial charge in [-0.1, -0.05) is 35.9 Å². The summed E-state index contributed by atoms with van der Waals surface area (Å²) in [6.07, 6.45) is 1.82. The molecule has 0 amide bonds. The topological polar surface area (TPSA) is 42.3 Å². The van der Waals surface area contributed by atoms with Crippen LogP contribution in [0.4, 0.5) is 5.69 Å². The van der Waals surface area contributed by atoms with Crippen LogP contribution in [-0.2, 0) is 0 Å². The molecular weight excluding hydrogens is 476 g/mol. The Kier molecular flexibility index (Phi) is 6.26. The Labute approximate surface area is 216 Å². The molecule has 0 unspecified atom stereocenters. The second-order valence-corrected chi connectivity index (χ2v) is 9.51. The van der Waals surface area contributed by atoms with Gasteiger partial charge in [0.05, 0.1) is 30.6 Å². The Balaban J connectivity index is 1.72. The zero-order chi connectivity index (χ0) is 24.7. The number of benzene rings is 2. The molecule has 0 spiro atoms. The number of halogens is 1. The Morgan fingerprint density at radius 1 is 0.971 bits per heavy atom. The maximum absolute atomic E-state index is 6.49. The molecule has 5 rings (SSSR count). The van der Waals surface area contributed by atoms with Gasteiger partial charge in [0.1, 0.15) is 5.75 Å². The van der Waals surface area contributed by atoms with E-state index >= 15 is 0 Å². The van der Waals surface area contributed by atoms with Crippen LogP contribution in [-0.4, -0.2) is 21.8 Å². The van der Waals surface area contributed by atoms with Crippen molar-refractivity contribution in [1.82, 2.24) is 14.9 Å². The van der Waals surface area contributed by atoms with E-state index in [-0.39, 0.29) is 12.1 Å². The number of nitrogens with zero attached hydrogens (tertiary/aromatic N) is 3. The fourth-order valence-electron chi connectivity index (χ4n) is 5.06. The van der Waals surface area contributed by atoms with E-state index in [1.54, 1.807) is 7.11 Å². The summed E-state index contributed by atoms with van der Waals surface area (Å²) in [7, 11) is 1.68. The number of rotatable bonds is 5. The van der Waals surface area contributed by atoms with E-state index in [9.17, 15) is 0 Å². The fraction of sp³-hybridized carbons (Fsp3) is 0.214. The summed E-state index contributed by atoms with van der Waals surface area (Å²) in [4.78, 5) is 6.84. The number of hydrogen-bond acceptors (Lipinski definition) is 3. The molecule has 1 saturated heterocycles. The minimum Gasteiger partial charge on any atom is -0.495 e. The largest absolute Gasteiger partial charge is 0.495 e. The lowest BCUT2D eigenvalue weighted by atomic mass is 9.96. The zero-order valence-electron chi connectivity index (χ0n) is 20.1. The Morgan fingerprint density at radius 2 is 1.71 bits per heavy atom. The number of hydrogen-bond donors (Lipinski definition) is 1. The standard InChI is InChI=1S/C28H27ClN4OS/c1-17-16-20(19(3)32(17)23-13-9-10-21(29)18(23)2)27-26(22-11-7-8-15-30-22)31-28(35)33(27)24-12-5-6-14-25(24)34-4/h5-16,26-27H,1-4H3,(H,31,35)/t26-,27-/m1/s1. The van der Waals surface area contributed by atoms with Gasteiger partial charge in [-0.2, -0.15) is 0 Å².